The highest BCUT2D eigenvalue weighted by atomic mass is 35.5. The molecule has 1 heterocycles. The van der Waals surface area contributed by atoms with E-state index in [1.54, 1.807) is 6.33 Å². The van der Waals surface area contributed by atoms with Crippen molar-refractivity contribution in [3.8, 4) is 0 Å². The second-order valence-corrected chi connectivity index (χ2v) is 7.27. The fourth-order valence-electron chi connectivity index (χ4n) is 1.83. The molecule has 104 valence electrons. The van der Waals surface area contributed by atoms with Crippen molar-refractivity contribution in [2.75, 3.05) is 0 Å². The van der Waals surface area contributed by atoms with Crippen LogP contribution < -0.4 is 0 Å². The lowest BCUT2D eigenvalue weighted by atomic mass is 9.89. The molecule has 0 saturated heterocycles. The van der Waals surface area contributed by atoms with Crippen LogP contribution in [0.4, 0.5) is 0 Å². The number of alkyl halides is 1. The van der Waals surface area contributed by atoms with Crippen molar-refractivity contribution in [2.24, 2.45) is 11.3 Å². The lowest BCUT2D eigenvalue weighted by Crippen LogP contribution is -2.16. The van der Waals surface area contributed by atoms with Crippen molar-refractivity contribution in [1.29, 1.82) is 0 Å². The summed E-state index contributed by atoms with van der Waals surface area (Å²) in [5, 5.41) is 4.42. The molecule has 0 bridgehead atoms. The molecule has 18 heavy (non-hydrogen) atoms. The predicted octanol–water partition coefficient (Wildman–Crippen LogP) is 3.91. The van der Waals surface area contributed by atoms with Crippen molar-refractivity contribution in [3.05, 3.63) is 12.2 Å². The Balaban J connectivity index is 2.49. The molecule has 0 fully saturated rings. The quantitative estimate of drug-likeness (QED) is 0.735. The third-order valence-electron chi connectivity index (χ3n) is 2.85. The molecule has 1 rings (SSSR count). The zero-order valence-electron chi connectivity index (χ0n) is 12.3. The summed E-state index contributed by atoms with van der Waals surface area (Å²) < 4.78 is 1.98. The molecule has 1 atom stereocenters. The smallest absolute Gasteiger partial charge is 0.138 e. The first-order valence-electron chi connectivity index (χ1n) is 6.78. The molecule has 0 spiro atoms. The van der Waals surface area contributed by atoms with Gasteiger partial charge < -0.3 is 0 Å². The third-order valence-corrected chi connectivity index (χ3v) is 3.22. The van der Waals surface area contributed by atoms with E-state index >= 15 is 0 Å². The highest BCUT2D eigenvalue weighted by Crippen LogP contribution is 2.24. The van der Waals surface area contributed by atoms with Crippen LogP contribution in [-0.2, 0) is 13.0 Å². The minimum Gasteiger partial charge on any atom is -0.250 e. The molecule has 3 nitrogen and oxygen atoms in total. The second-order valence-electron chi connectivity index (χ2n) is 6.65. The molecule has 0 aliphatic heterocycles. The van der Waals surface area contributed by atoms with Crippen LogP contribution in [0.15, 0.2) is 6.33 Å². The summed E-state index contributed by atoms with van der Waals surface area (Å²) in [7, 11) is 0. The second kappa shape index (κ2) is 6.55. The third kappa shape index (κ3) is 5.85. The van der Waals surface area contributed by atoms with Gasteiger partial charge in [0.25, 0.3) is 0 Å². The average molecular weight is 272 g/mol. The van der Waals surface area contributed by atoms with E-state index < -0.39 is 0 Å². The Bertz CT molecular complexity index is 352. The van der Waals surface area contributed by atoms with E-state index in [9.17, 15) is 0 Å². The normalized spacial score (nSPS) is 14.2. The summed E-state index contributed by atoms with van der Waals surface area (Å²) in [6.45, 7) is 12.0. The van der Waals surface area contributed by atoms with Gasteiger partial charge in [0.15, 0.2) is 0 Å². The van der Waals surface area contributed by atoms with Gasteiger partial charge in [0.2, 0.25) is 0 Å². The molecule has 4 heteroatoms. The maximum Gasteiger partial charge on any atom is 0.138 e. The Kier molecular flexibility index (Phi) is 5.64. The van der Waals surface area contributed by atoms with Crippen LogP contribution in [-0.4, -0.2) is 20.1 Å². The monoisotopic (exact) mass is 271 g/mol. The number of aromatic nitrogens is 3. The average Bonchev–Trinajstić information content (AvgIpc) is 2.61. The van der Waals surface area contributed by atoms with E-state index in [4.69, 9.17) is 11.6 Å². The largest absolute Gasteiger partial charge is 0.250 e. The number of nitrogens with zero attached hydrogens (tertiary/aromatic N) is 3. The molecule has 0 N–H and O–H groups in total. The van der Waals surface area contributed by atoms with Crippen molar-refractivity contribution in [1.82, 2.24) is 14.8 Å². The van der Waals surface area contributed by atoms with Crippen molar-refractivity contribution < 1.29 is 0 Å². The summed E-state index contributed by atoms with van der Waals surface area (Å²) in [6.07, 6.45) is 4.61. The van der Waals surface area contributed by atoms with E-state index in [1.165, 1.54) is 0 Å². The van der Waals surface area contributed by atoms with Crippen LogP contribution in [0.5, 0.6) is 0 Å². The molecule has 1 unspecified atom stereocenters. The van der Waals surface area contributed by atoms with Gasteiger partial charge >= 0.3 is 0 Å². The minimum absolute atomic E-state index is 0.152. The van der Waals surface area contributed by atoms with Gasteiger partial charge in [-0.15, -0.1) is 11.6 Å². The summed E-state index contributed by atoms with van der Waals surface area (Å²) in [5.41, 5.74) is 0.346. The van der Waals surface area contributed by atoms with E-state index in [0.717, 1.165) is 31.6 Å². The molecule has 0 aliphatic carbocycles. The first-order valence-corrected chi connectivity index (χ1v) is 7.22. The summed E-state index contributed by atoms with van der Waals surface area (Å²) in [6, 6.07) is 0. The molecule has 0 aliphatic rings. The SMILES string of the molecule is CC(C)Cn1ncnc1CC(Cl)CCC(C)(C)C. The van der Waals surface area contributed by atoms with Gasteiger partial charge in [-0.1, -0.05) is 34.6 Å². The first-order chi connectivity index (χ1) is 8.28. The van der Waals surface area contributed by atoms with Crippen LogP contribution in [0.25, 0.3) is 0 Å². The van der Waals surface area contributed by atoms with Crippen LogP contribution in [0.1, 0.15) is 53.3 Å². The Morgan fingerprint density at radius 1 is 1.33 bits per heavy atom. The Hall–Kier alpha value is -0.570. The summed E-state index contributed by atoms with van der Waals surface area (Å²) in [4.78, 5) is 4.32. The number of halogens is 1. The van der Waals surface area contributed by atoms with Gasteiger partial charge in [-0.25, -0.2) is 9.67 Å². The van der Waals surface area contributed by atoms with E-state index in [0.29, 0.717) is 11.3 Å². The Labute approximate surface area is 116 Å². The Morgan fingerprint density at radius 3 is 2.56 bits per heavy atom. The molecule has 0 aromatic carbocycles. The number of hydrogen-bond acceptors (Lipinski definition) is 2. The minimum atomic E-state index is 0.152. The van der Waals surface area contributed by atoms with Crippen molar-refractivity contribution >= 4 is 11.6 Å². The van der Waals surface area contributed by atoms with Crippen LogP contribution in [0.2, 0.25) is 0 Å². The van der Waals surface area contributed by atoms with Crippen LogP contribution in [0.3, 0.4) is 0 Å². The van der Waals surface area contributed by atoms with Gasteiger partial charge in [-0.05, 0) is 24.2 Å². The van der Waals surface area contributed by atoms with Crippen molar-refractivity contribution in [3.63, 3.8) is 0 Å². The highest BCUT2D eigenvalue weighted by molar-refractivity contribution is 6.20. The zero-order valence-corrected chi connectivity index (χ0v) is 13.0. The summed E-state index contributed by atoms with van der Waals surface area (Å²) >= 11 is 6.41. The van der Waals surface area contributed by atoms with Crippen molar-refractivity contribution in [2.45, 2.75) is 65.8 Å². The zero-order chi connectivity index (χ0) is 13.8. The molecular weight excluding hydrogens is 246 g/mol. The maximum atomic E-state index is 6.41. The molecule has 0 saturated carbocycles. The molecule has 0 radical (unpaired) electrons. The molecule has 0 amide bonds. The number of rotatable bonds is 6. The molecular formula is C14H26ClN3. The topological polar surface area (TPSA) is 30.7 Å². The van der Waals surface area contributed by atoms with Gasteiger partial charge in [0, 0.05) is 18.3 Å². The predicted molar refractivity (Wildman–Crippen MR) is 76.9 cm³/mol. The van der Waals surface area contributed by atoms with Crippen LogP contribution >= 0.6 is 11.6 Å². The number of hydrogen-bond donors (Lipinski definition) is 0. The molecule has 1 aromatic rings. The molecule has 1 aromatic heterocycles. The van der Waals surface area contributed by atoms with Crippen LogP contribution in [0, 0.1) is 11.3 Å². The standard InChI is InChI=1S/C14H26ClN3/c1-11(2)9-18-13(16-10-17-18)8-12(15)6-7-14(3,4)5/h10-12H,6-9H2,1-5H3. The van der Waals surface area contributed by atoms with Gasteiger partial charge in [-0.3, -0.25) is 0 Å². The first kappa shape index (κ1) is 15.5. The highest BCUT2D eigenvalue weighted by Gasteiger charge is 2.16. The van der Waals surface area contributed by atoms with Gasteiger partial charge in [0.1, 0.15) is 12.2 Å². The lowest BCUT2D eigenvalue weighted by molar-refractivity contribution is 0.360. The lowest BCUT2D eigenvalue weighted by Gasteiger charge is -2.20. The van der Waals surface area contributed by atoms with Gasteiger partial charge in [0.05, 0.1) is 0 Å². The Morgan fingerprint density at radius 2 is 2.00 bits per heavy atom. The maximum absolute atomic E-state index is 6.41. The fourth-order valence-corrected chi connectivity index (χ4v) is 2.08. The van der Waals surface area contributed by atoms with E-state index in [1.807, 2.05) is 4.68 Å². The summed E-state index contributed by atoms with van der Waals surface area (Å²) in [5.74, 6) is 1.59. The fraction of sp³-hybridized carbons (Fsp3) is 0.857. The van der Waals surface area contributed by atoms with E-state index in [2.05, 4.69) is 44.7 Å². The van der Waals surface area contributed by atoms with E-state index in [-0.39, 0.29) is 5.38 Å². The van der Waals surface area contributed by atoms with Gasteiger partial charge in [-0.2, -0.15) is 5.10 Å².